The van der Waals surface area contributed by atoms with E-state index in [-0.39, 0.29) is 26.7 Å². The Bertz CT molecular complexity index is 1310. The Labute approximate surface area is 216 Å². The molecule has 0 aliphatic heterocycles. The molecule has 1 unspecified atom stereocenters. The van der Waals surface area contributed by atoms with Crippen LogP contribution in [-0.2, 0) is 14.8 Å². The molecule has 3 rings (SSSR count). The number of aryl methyl sites for hydroxylation is 2. The normalized spacial score (nSPS) is 12.2. The predicted molar refractivity (Wildman–Crippen MR) is 141 cm³/mol. The average molecular weight is 535 g/mol. The van der Waals surface area contributed by atoms with Gasteiger partial charge in [-0.25, -0.2) is 8.42 Å². The number of sulfonamides is 1. The van der Waals surface area contributed by atoms with Crippen LogP contribution in [0, 0.1) is 13.8 Å². The topological polar surface area (TPSA) is 75.7 Å². The molecule has 0 aliphatic rings. The number of hydrogen-bond acceptors (Lipinski definition) is 4. The van der Waals surface area contributed by atoms with Crippen LogP contribution in [0.15, 0.2) is 65.6 Å². The second-order valence-corrected chi connectivity index (χ2v) is 10.8. The summed E-state index contributed by atoms with van der Waals surface area (Å²) in [5.74, 6) is 0.276. The van der Waals surface area contributed by atoms with E-state index in [4.69, 9.17) is 27.9 Å². The monoisotopic (exact) mass is 534 g/mol. The molecule has 0 saturated carbocycles. The Morgan fingerprint density at radius 1 is 1.06 bits per heavy atom. The number of methoxy groups -OCH3 is 1. The predicted octanol–water partition coefficient (Wildman–Crippen LogP) is 6.08. The molecule has 0 fully saturated rings. The van der Waals surface area contributed by atoms with Gasteiger partial charge < -0.3 is 10.1 Å². The van der Waals surface area contributed by atoms with Gasteiger partial charge in [0.1, 0.15) is 12.3 Å². The second-order valence-electron chi connectivity index (χ2n) is 8.16. The van der Waals surface area contributed by atoms with Crippen molar-refractivity contribution >= 4 is 44.8 Å². The number of halogens is 2. The minimum Gasteiger partial charge on any atom is -0.496 e. The molecule has 0 aliphatic carbocycles. The molecule has 6 nitrogen and oxygen atoms in total. The summed E-state index contributed by atoms with van der Waals surface area (Å²) in [6, 6.07) is 16.4. The number of carbonyl (C=O) groups is 1. The number of carbonyl (C=O) groups excluding carboxylic acids is 1. The molecule has 1 N–H and O–H groups in total. The summed E-state index contributed by atoms with van der Waals surface area (Å²) in [5, 5.41) is 3.19. The van der Waals surface area contributed by atoms with E-state index in [0.717, 1.165) is 26.7 Å². The van der Waals surface area contributed by atoms with Gasteiger partial charge in [-0.15, -0.1) is 0 Å². The average Bonchev–Trinajstić information content (AvgIpc) is 2.83. The summed E-state index contributed by atoms with van der Waals surface area (Å²) in [4.78, 5) is 13.2. The molecule has 186 valence electrons. The van der Waals surface area contributed by atoms with Crippen molar-refractivity contribution in [1.29, 1.82) is 0 Å². The SMILES string of the molecule is CCC(NC(=O)CN(c1cccc(Cl)c1Cl)S(=O)(=O)c1ccc(C)cc1)c1ccc(OC)c(C)c1. The van der Waals surface area contributed by atoms with Gasteiger partial charge in [-0.2, -0.15) is 0 Å². The van der Waals surface area contributed by atoms with Crippen LogP contribution >= 0.6 is 23.2 Å². The van der Waals surface area contributed by atoms with Crippen LogP contribution in [0.3, 0.4) is 0 Å². The molecule has 35 heavy (non-hydrogen) atoms. The van der Waals surface area contributed by atoms with Crippen LogP contribution in [0.25, 0.3) is 0 Å². The standard InChI is InChI=1S/C26H28Cl2N2O4S/c1-5-22(19-11-14-24(34-4)18(3)15-19)29-25(31)16-30(23-8-6-7-21(27)26(23)28)35(32,33)20-12-9-17(2)10-13-20/h6-15,22H,5,16H2,1-4H3,(H,29,31). The Morgan fingerprint density at radius 2 is 1.74 bits per heavy atom. The van der Waals surface area contributed by atoms with Gasteiger partial charge in [0.2, 0.25) is 5.91 Å². The minimum absolute atomic E-state index is 0.0461. The highest BCUT2D eigenvalue weighted by Crippen LogP contribution is 2.35. The van der Waals surface area contributed by atoms with Gasteiger partial charge in [0, 0.05) is 0 Å². The zero-order chi connectivity index (χ0) is 25.8. The third-order valence-electron chi connectivity index (χ3n) is 5.66. The molecular formula is C26H28Cl2N2O4S. The number of hydrogen-bond donors (Lipinski definition) is 1. The number of anilines is 1. The van der Waals surface area contributed by atoms with Gasteiger partial charge in [-0.05, 0) is 61.7 Å². The smallest absolute Gasteiger partial charge is 0.264 e. The van der Waals surface area contributed by atoms with Crippen molar-refractivity contribution in [3.8, 4) is 5.75 Å². The number of ether oxygens (including phenoxy) is 1. The molecule has 0 heterocycles. The Morgan fingerprint density at radius 3 is 2.34 bits per heavy atom. The van der Waals surface area contributed by atoms with Gasteiger partial charge in [0.15, 0.2) is 0 Å². The van der Waals surface area contributed by atoms with Crippen molar-refractivity contribution in [3.63, 3.8) is 0 Å². The summed E-state index contributed by atoms with van der Waals surface area (Å²) in [6.45, 7) is 5.26. The van der Waals surface area contributed by atoms with Crippen molar-refractivity contribution < 1.29 is 17.9 Å². The molecule has 9 heteroatoms. The van der Waals surface area contributed by atoms with Crippen LogP contribution in [-0.4, -0.2) is 28.0 Å². The lowest BCUT2D eigenvalue weighted by Gasteiger charge is -2.27. The Hall–Kier alpha value is -2.74. The first-order chi connectivity index (χ1) is 16.6. The molecular weight excluding hydrogens is 507 g/mol. The molecule has 0 saturated heterocycles. The van der Waals surface area contributed by atoms with Crippen LogP contribution in [0.5, 0.6) is 5.75 Å². The van der Waals surface area contributed by atoms with E-state index in [1.54, 1.807) is 31.4 Å². The Kier molecular flexibility index (Phi) is 8.70. The minimum atomic E-state index is -4.12. The first-order valence-corrected chi connectivity index (χ1v) is 13.2. The zero-order valence-corrected chi connectivity index (χ0v) is 22.3. The van der Waals surface area contributed by atoms with Crippen molar-refractivity contribution in [2.24, 2.45) is 0 Å². The molecule has 3 aromatic carbocycles. The van der Waals surface area contributed by atoms with E-state index in [2.05, 4.69) is 5.32 Å². The van der Waals surface area contributed by atoms with Crippen molar-refractivity contribution in [2.45, 2.75) is 38.1 Å². The number of benzene rings is 3. The highest BCUT2D eigenvalue weighted by molar-refractivity contribution is 7.92. The summed E-state index contributed by atoms with van der Waals surface area (Å²) in [6.07, 6.45) is 0.611. The van der Waals surface area contributed by atoms with Crippen molar-refractivity contribution in [1.82, 2.24) is 5.32 Å². The molecule has 3 aromatic rings. The molecule has 0 bridgehead atoms. The zero-order valence-electron chi connectivity index (χ0n) is 20.0. The van der Waals surface area contributed by atoms with Gasteiger partial charge in [0.25, 0.3) is 10.0 Å². The van der Waals surface area contributed by atoms with E-state index in [1.807, 2.05) is 39.0 Å². The number of rotatable bonds is 9. The maximum Gasteiger partial charge on any atom is 0.264 e. The molecule has 0 spiro atoms. The van der Waals surface area contributed by atoms with Crippen molar-refractivity contribution in [3.05, 3.63) is 87.4 Å². The van der Waals surface area contributed by atoms with Gasteiger partial charge in [-0.1, -0.05) is 66.0 Å². The van der Waals surface area contributed by atoms with Crippen LogP contribution < -0.4 is 14.4 Å². The maximum absolute atomic E-state index is 13.6. The summed E-state index contributed by atoms with van der Waals surface area (Å²) < 4.78 is 33.5. The van der Waals surface area contributed by atoms with E-state index in [1.165, 1.54) is 18.2 Å². The van der Waals surface area contributed by atoms with E-state index < -0.39 is 22.5 Å². The highest BCUT2D eigenvalue weighted by Gasteiger charge is 2.30. The molecule has 1 amide bonds. The van der Waals surface area contributed by atoms with E-state index >= 15 is 0 Å². The quantitative estimate of drug-likeness (QED) is 0.360. The first kappa shape index (κ1) is 26.9. The van der Waals surface area contributed by atoms with Crippen LogP contribution in [0.4, 0.5) is 5.69 Å². The van der Waals surface area contributed by atoms with Crippen LogP contribution in [0.2, 0.25) is 10.0 Å². The fourth-order valence-electron chi connectivity index (χ4n) is 3.73. The lowest BCUT2D eigenvalue weighted by Crippen LogP contribution is -2.42. The fraction of sp³-hybridized carbons (Fsp3) is 0.269. The molecule has 1 atom stereocenters. The largest absolute Gasteiger partial charge is 0.496 e. The summed E-state index contributed by atoms with van der Waals surface area (Å²) >= 11 is 12.6. The second kappa shape index (κ2) is 11.3. The summed E-state index contributed by atoms with van der Waals surface area (Å²) in [5.41, 5.74) is 2.87. The van der Waals surface area contributed by atoms with E-state index in [0.29, 0.717) is 6.42 Å². The molecule has 0 radical (unpaired) electrons. The summed E-state index contributed by atoms with van der Waals surface area (Å²) in [7, 11) is -2.51. The maximum atomic E-state index is 13.6. The van der Waals surface area contributed by atoms with Gasteiger partial charge in [-0.3, -0.25) is 9.10 Å². The molecule has 0 aromatic heterocycles. The number of amides is 1. The lowest BCUT2D eigenvalue weighted by atomic mass is 10.0. The van der Waals surface area contributed by atoms with E-state index in [9.17, 15) is 13.2 Å². The van der Waals surface area contributed by atoms with Crippen molar-refractivity contribution in [2.75, 3.05) is 18.0 Å². The number of nitrogens with one attached hydrogen (secondary N) is 1. The highest BCUT2D eigenvalue weighted by atomic mass is 35.5. The van der Waals surface area contributed by atoms with Gasteiger partial charge >= 0.3 is 0 Å². The fourth-order valence-corrected chi connectivity index (χ4v) is 5.61. The third-order valence-corrected chi connectivity index (χ3v) is 8.24. The lowest BCUT2D eigenvalue weighted by molar-refractivity contribution is -0.120. The Balaban J connectivity index is 1.95. The number of nitrogens with zero attached hydrogens (tertiary/aromatic N) is 1. The third kappa shape index (κ3) is 6.10. The first-order valence-electron chi connectivity index (χ1n) is 11.1. The van der Waals surface area contributed by atoms with Crippen LogP contribution in [0.1, 0.15) is 36.1 Å². The van der Waals surface area contributed by atoms with Gasteiger partial charge in [0.05, 0.1) is 33.8 Å².